The normalized spacial score (nSPS) is 17.2. The highest BCUT2D eigenvalue weighted by atomic mass is 16.6. The summed E-state index contributed by atoms with van der Waals surface area (Å²) in [5.74, 6) is -0.618. The van der Waals surface area contributed by atoms with Gasteiger partial charge >= 0.3 is 11.8 Å². The molecule has 35 heavy (non-hydrogen) atoms. The third kappa shape index (κ3) is 5.10. The number of hydrogen-bond acceptors (Lipinski definition) is 8. The molecule has 1 aromatic carbocycles. The number of hydrogen-bond donors (Lipinski definition) is 2. The Morgan fingerprint density at radius 3 is 2.74 bits per heavy atom. The van der Waals surface area contributed by atoms with Gasteiger partial charge in [0.05, 0.1) is 5.41 Å². The van der Waals surface area contributed by atoms with Crippen LogP contribution < -0.4 is 0 Å². The molecule has 2 heterocycles. The zero-order valence-corrected chi connectivity index (χ0v) is 19.1. The number of carboxylic acids is 1. The number of carbonyl (C=O) groups is 1. The minimum atomic E-state index is -1.45. The molecule has 3 aromatic rings. The molecule has 182 valence electrons. The smallest absolute Gasteiger partial charge is 0.363 e. The quantitative estimate of drug-likeness (QED) is 0.310. The summed E-state index contributed by atoms with van der Waals surface area (Å²) >= 11 is 0. The molecule has 0 radical (unpaired) electrons. The summed E-state index contributed by atoms with van der Waals surface area (Å²) in [6.45, 7) is 2.40. The van der Waals surface area contributed by atoms with E-state index in [1.165, 1.54) is 4.57 Å². The SMILES string of the molecule is CCCCc1nc(C(=O)O)c([N+](=O)[O-])n1CC1(c2nnn[nH]2)C=CC(OCc2ccccc2)=CC1. The molecular formula is C23H25N7O5. The Bertz CT molecular complexity index is 1250. The van der Waals surface area contributed by atoms with Gasteiger partial charge in [0.15, 0.2) is 11.6 Å². The highest BCUT2D eigenvalue weighted by molar-refractivity contribution is 5.89. The van der Waals surface area contributed by atoms with E-state index in [1.807, 2.05) is 49.4 Å². The van der Waals surface area contributed by atoms with E-state index < -0.39 is 27.8 Å². The van der Waals surface area contributed by atoms with Crippen molar-refractivity contribution in [1.29, 1.82) is 0 Å². The first-order valence-corrected chi connectivity index (χ1v) is 11.2. The van der Waals surface area contributed by atoms with E-state index in [1.54, 1.807) is 6.08 Å². The van der Waals surface area contributed by atoms with Crippen LogP contribution in [0, 0.1) is 10.1 Å². The minimum Gasteiger partial charge on any atom is -0.489 e. The molecule has 0 bridgehead atoms. The number of tetrazole rings is 1. The van der Waals surface area contributed by atoms with Crippen LogP contribution in [0.1, 0.15) is 53.9 Å². The Balaban J connectivity index is 1.67. The zero-order chi connectivity index (χ0) is 24.8. The summed E-state index contributed by atoms with van der Waals surface area (Å²) in [5, 5.41) is 35.7. The predicted octanol–water partition coefficient (Wildman–Crippen LogP) is 3.34. The maximum absolute atomic E-state index is 11.9. The second-order valence-electron chi connectivity index (χ2n) is 8.28. The molecule has 0 saturated heterocycles. The summed E-state index contributed by atoms with van der Waals surface area (Å²) < 4.78 is 7.28. The maximum Gasteiger partial charge on any atom is 0.363 e. The van der Waals surface area contributed by atoms with Gasteiger partial charge in [0.25, 0.3) is 0 Å². The number of H-pyrrole nitrogens is 1. The second kappa shape index (κ2) is 10.3. The molecule has 12 heteroatoms. The number of aromatic nitrogens is 6. The Hall–Kier alpha value is -4.35. The lowest BCUT2D eigenvalue weighted by atomic mass is 9.80. The lowest BCUT2D eigenvalue weighted by molar-refractivity contribution is -0.392. The summed E-state index contributed by atoms with van der Waals surface area (Å²) in [4.78, 5) is 27.1. The van der Waals surface area contributed by atoms with Crippen molar-refractivity contribution in [2.24, 2.45) is 0 Å². The molecule has 1 aliphatic carbocycles. The number of aromatic carboxylic acids is 1. The molecule has 0 aliphatic heterocycles. The van der Waals surface area contributed by atoms with Gasteiger partial charge in [-0.05, 0) is 45.9 Å². The van der Waals surface area contributed by atoms with Gasteiger partial charge < -0.3 is 20.0 Å². The summed E-state index contributed by atoms with van der Waals surface area (Å²) in [5.41, 5.74) is -0.450. The van der Waals surface area contributed by atoms with Gasteiger partial charge in [-0.2, -0.15) is 4.98 Å². The fourth-order valence-corrected chi connectivity index (χ4v) is 4.04. The Labute approximate surface area is 200 Å². The van der Waals surface area contributed by atoms with Gasteiger partial charge in [0, 0.05) is 6.42 Å². The molecule has 1 unspecified atom stereocenters. The van der Waals surface area contributed by atoms with Crippen molar-refractivity contribution in [1.82, 2.24) is 30.2 Å². The molecule has 1 aliphatic rings. The number of nitrogens with one attached hydrogen (secondary N) is 1. The average Bonchev–Trinajstić information content (AvgIpc) is 3.52. The standard InChI is InChI=1S/C23H25N7O5/c1-2-3-9-18-24-19(21(31)32)20(30(33)34)29(18)15-23(22-25-27-28-26-22)12-10-17(11-13-23)35-14-16-7-5-4-6-8-16/h4-8,10-12H,2-3,9,13-15H2,1H3,(H,31,32)(H,25,26,27,28). The average molecular weight is 479 g/mol. The van der Waals surface area contributed by atoms with E-state index in [0.29, 0.717) is 43.3 Å². The third-order valence-corrected chi connectivity index (χ3v) is 5.89. The van der Waals surface area contributed by atoms with Crippen molar-refractivity contribution in [3.05, 3.63) is 87.3 Å². The van der Waals surface area contributed by atoms with E-state index in [2.05, 4.69) is 25.6 Å². The van der Waals surface area contributed by atoms with Gasteiger partial charge in [-0.15, -0.1) is 5.10 Å². The molecule has 4 rings (SSSR count). The van der Waals surface area contributed by atoms with Gasteiger partial charge in [-0.3, -0.25) is 0 Å². The van der Waals surface area contributed by atoms with Crippen LogP contribution in [0.25, 0.3) is 0 Å². The molecule has 0 saturated carbocycles. The molecule has 0 amide bonds. The number of carboxylic acid groups (broad SMARTS) is 1. The number of benzene rings is 1. The number of nitrogens with zero attached hydrogens (tertiary/aromatic N) is 6. The van der Waals surface area contributed by atoms with Gasteiger partial charge in [-0.1, -0.05) is 49.8 Å². The van der Waals surface area contributed by atoms with Crippen molar-refractivity contribution in [3.63, 3.8) is 0 Å². The first-order chi connectivity index (χ1) is 16.9. The molecule has 12 nitrogen and oxygen atoms in total. The van der Waals surface area contributed by atoms with E-state index in [4.69, 9.17) is 4.74 Å². The van der Waals surface area contributed by atoms with Gasteiger partial charge in [0.1, 0.15) is 18.9 Å². The van der Waals surface area contributed by atoms with Crippen LogP contribution in [0.2, 0.25) is 0 Å². The number of ether oxygens (including phenoxy) is 1. The number of rotatable bonds is 11. The lowest BCUT2D eigenvalue weighted by Crippen LogP contribution is -2.33. The maximum atomic E-state index is 11.9. The predicted molar refractivity (Wildman–Crippen MR) is 123 cm³/mol. The van der Waals surface area contributed by atoms with Crippen LogP contribution in [0.3, 0.4) is 0 Å². The molecule has 0 fully saturated rings. The number of unbranched alkanes of at least 4 members (excludes halogenated alkanes) is 1. The number of allylic oxidation sites excluding steroid dienone is 3. The van der Waals surface area contributed by atoms with E-state index in [-0.39, 0.29) is 6.54 Å². The highest BCUT2D eigenvalue weighted by Crippen LogP contribution is 2.36. The monoisotopic (exact) mass is 479 g/mol. The molecule has 0 spiro atoms. The van der Waals surface area contributed by atoms with Crippen molar-refractivity contribution >= 4 is 11.8 Å². The van der Waals surface area contributed by atoms with Crippen molar-refractivity contribution in [3.8, 4) is 0 Å². The summed E-state index contributed by atoms with van der Waals surface area (Å²) in [7, 11) is 0. The fraction of sp³-hybridized carbons (Fsp3) is 0.348. The molecule has 2 N–H and O–H groups in total. The van der Waals surface area contributed by atoms with Gasteiger partial charge in [0.2, 0.25) is 5.69 Å². The van der Waals surface area contributed by atoms with Crippen LogP contribution >= 0.6 is 0 Å². The minimum absolute atomic E-state index is 0.0263. The molecule has 1 atom stereocenters. The fourth-order valence-electron chi connectivity index (χ4n) is 4.04. The van der Waals surface area contributed by atoms with Crippen LogP contribution in [0.15, 0.2) is 54.3 Å². The number of nitro groups is 1. The highest BCUT2D eigenvalue weighted by Gasteiger charge is 2.41. The van der Waals surface area contributed by atoms with Crippen molar-refractivity contribution < 1.29 is 19.6 Å². The van der Waals surface area contributed by atoms with E-state index >= 15 is 0 Å². The Kier molecular flexibility index (Phi) is 6.99. The molecule has 2 aromatic heterocycles. The van der Waals surface area contributed by atoms with Crippen LogP contribution in [0.5, 0.6) is 0 Å². The number of imidazole rings is 1. The Morgan fingerprint density at radius 2 is 2.14 bits per heavy atom. The van der Waals surface area contributed by atoms with Crippen molar-refractivity contribution in [2.75, 3.05) is 0 Å². The number of aromatic amines is 1. The van der Waals surface area contributed by atoms with E-state index in [9.17, 15) is 20.0 Å². The van der Waals surface area contributed by atoms with E-state index in [0.717, 1.165) is 12.0 Å². The van der Waals surface area contributed by atoms with Gasteiger partial charge in [-0.25, -0.2) is 14.5 Å². The second-order valence-corrected chi connectivity index (χ2v) is 8.28. The first kappa shape index (κ1) is 23.8. The third-order valence-electron chi connectivity index (χ3n) is 5.89. The van der Waals surface area contributed by atoms with Crippen LogP contribution in [0.4, 0.5) is 5.82 Å². The zero-order valence-electron chi connectivity index (χ0n) is 19.1. The molecular weight excluding hydrogens is 454 g/mol. The lowest BCUT2D eigenvalue weighted by Gasteiger charge is -2.28. The summed E-state index contributed by atoms with van der Waals surface area (Å²) in [6, 6.07) is 9.74. The Morgan fingerprint density at radius 1 is 1.34 bits per heavy atom. The first-order valence-electron chi connectivity index (χ1n) is 11.2. The topological polar surface area (TPSA) is 162 Å². The summed E-state index contributed by atoms with van der Waals surface area (Å²) in [6.07, 6.45) is 7.79. The van der Waals surface area contributed by atoms with Crippen LogP contribution in [-0.2, 0) is 29.7 Å². The van der Waals surface area contributed by atoms with Crippen molar-refractivity contribution in [2.45, 2.75) is 51.2 Å². The largest absolute Gasteiger partial charge is 0.489 e. The number of aryl methyl sites for hydroxylation is 1. The van der Waals surface area contributed by atoms with Crippen LogP contribution in [-0.4, -0.2) is 46.2 Å².